The second kappa shape index (κ2) is 9.06. The van der Waals surface area contributed by atoms with Crippen LogP contribution in [0.3, 0.4) is 0 Å². The molecule has 2 aromatic rings. The molecule has 0 radical (unpaired) electrons. The van der Waals surface area contributed by atoms with Gasteiger partial charge in [-0.15, -0.1) is 0 Å². The van der Waals surface area contributed by atoms with Crippen LogP contribution >= 0.6 is 0 Å². The van der Waals surface area contributed by atoms with Crippen LogP contribution in [0, 0.1) is 17.6 Å². The minimum Gasteiger partial charge on any atom is -0.369 e. The van der Waals surface area contributed by atoms with Crippen LogP contribution in [0.5, 0.6) is 0 Å². The van der Waals surface area contributed by atoms with Crippen LogP contribution in [0.25, 0.3) is 0 Å². The molecule has 3 N–H and O–H groups in total. The van der Waals surface area contributed by atoms with Crippen molar-refractivity contribution in [1.82, 2.24) is 10.2 Å². The SMILES string of the molecule is CC(c1cc(F)cc(C(=O)NCc2cccc(F)c2)c1)N1C(=O)CC(C)(C(C)C)N=C1N. The molecule has 6 nitrogen and oxygen atoms in total. The molecule has 2 aromatic carbocycles. The Morgan fingerprint density at radius 3 is 2.53 bits per heavy atom. The van der Waals surface area contributed by atoms with Gasteiger partial charge in [0.25, 0.3) is 5.91 Å². The second-order valence-electron chi connectivity index (χ2n) is 8.68. The first-order valence-electron chi connectivity index (χ1n) is 10.5. The minimum atomic E-state index is -0.617. The normalized spacial score (nSPS) is 19.7. The largest absolute Gasteiger partial charge is 0.369 e. The van der Waals surface area contributed by atoms with Gasteiger partial charge in [-0.2, -0.15) is 0 Å². The first kappa shape index (κ1) is 23.4. The molecular formula is C24H28F2N4O2. The zero-order valence-electron chi connectivity index (χ0n) is 18.7. The third-order valence-corrected chi connectivity index (χ3v) is 6.03. The summed E-state index contributed by atoms with van der Waals surface area (Å²) in [5.74, 6) is -1.55. The van der Waals surface area contributed by atoms with Crippen molar-refractivity contribution in [2.24, 2.45) is 16.6 Å². The molecule has 2 atom stereocenters. The molecule has 0 bridgehead atoms. The van der Waals surface area contributed by atoms with E-state index in [0.717, 1.165) is 6.07 Å². The van der Waals surface area contributed by atoms with Crippen LogP contribution in [0.2, 0.25) is 0 Å². The van der Waals surface area contributed by atoms with Crippen molar-refractivity contribution in [1.29, 1.82) is 0 Å². The number of rotatable bonds is 6. The summed E-state index contributed by atoms with van der Waals surface area (Å²) in [5, 5.41) is 2.65. The van der Waals surface area contributed by atoms with Gasteiger partial charge in [0.2, 0.25) is 5.91 Å². The van der Waals surface area contributed by atoms with Gasteiger partial charge in [0.15, 0.2) is 5.96 Å². The van der Waals surface area contributed by atoms with Gasteiger partial charge >= 0.3 is 0 Å². The molecule has 3 rings (SSSR count). The smallest absolute Gasteiger partial charge is 0.251 e. The Labute approximate surface area is 186 Å². The minimum absolute atomic E-state index is 0.0753. The van der Waals surface area contributed by atoms with E-state index in [0.29, 0.717) is 11.1 Å². The van der Waals surface area contributed by atoms with E-state index in [1.807, 2.05) is 20.8 Å². The zero-order chi connectivity index (χ0) is 23.6. The summed E-state index contributed by atoms with van der Waals surface area (Å²) in [6, 6.07) is 9.13. The van der Waals surface area contributed by atoms with Gasteiger partial charge in [-0.1, -0.05) is 26.0 Å². The maximum Gasteiger partial charge on any atom is 0.251 e. The summed E-state index contributed by atoms with van der Waals surface area (Å²) in [7, 11) is 0. The van der Waals surface area contributed by atoms with Crippen molar-refractivity contribution in [3.8, 4) is 0 Å². The Hall–Kier alpha value is -3.29. The van der Waals surface area contributed by atoms with E-state index in [4.69, 9.17) is 5.73 Å². The number of benzene rings is 2. The predicted octanol–water partition coefficient (Wildman–Crippen LogP) is 3.92. The van der Waals surface area contributed by atoms with Crippen LogP contribution < -0.4 is 11.1 Å². The average Bonchev–Trinajstić information content (AvgIpc) is 2.70. The highest BCUT2D eigenvalue weighted by Gasteiger charge is 2.40. The molecule has 2 unspecified atom stereocenters. The molecule has 0 aliphatic carbocycles. The molecule has 0 saturated heterocycles. The van der Waals surface area contributed by atoms with Crippen molar-refractivity contribution < 1.29 is 18.4 Å². The summed E-state index contributed by atoms with van der Waals surface area (Å²) in [6.45, 7) is 7.64. The number of aliphatic imine (C=N–C) groups is 1. The summed E-state index contributed by atoms with van der Waals surface area (Å²) >= 11 is 0. The van der Waals surface area contributed by atoms with Crippen molar-refractivity contribution in [3.05, 3.63) is 70.8 Å². The Morgan fingerprint density at radius 2 is 1.91 bits per heavy atom. The zero-order valence-corrected chi connectivity index (χ0v) is 18.7. The second-order valence-corrected chi connectivity index (χ2v) is 8.68. The van der Waals surface area contributed by atoms with E-state index < -0.39 is 29.1 Å². The van der Waals surface area contributed by atoms with Gasteiger partial charge < -0.3 is 11.1 Å². The number of guanidine groups is 1. The van der Waals surface area contributed by atoms with E-state index in [1.165, 1.54) is 29.2 Å². The fraction of sp³-hybridized carbons (Fsp3) is 0.375. The maximum atomic E-state index is 14.4. The number of nitrogens with zero attached hydrogens (tertiary/aromatic N) is 2. The number of carbonyl (C=O) groups excluding carboxylic acids is 2. The Kier molecular flexibility index (Phi) is 6.62. The van der Waals surface area contributed by atoms with Gasteiger partial charge in [0.05, 0.1) is 18.0 Å². The fourth-order valence-electron chi connectivity index (χ4n) is 3.69. The van der Waals surface area contributed by atoms with Crippen molar-refractivity contribution >= 4 is 17.8 Å². The number of hydrogen-bond donors (Lipinski definition) is 2. The van der Waals surface area contributed by atoms with Gasteiger partial charge in [-0.3, -0.25) is 14.5 Å². The number of hydrogen-bond acceptors (Lipinski definition) is 4. The fourth-order valence-corrected chi connectivity index (χ4v) is 3.69. The van der Waals surface area contributed by atoms with Gasteiger partial charge in [0, 0.05) is 12.1 Å². The highest BCUT2D eigenvalue weighted by molar-refractivity contribution is 5.99. The Bertz CT molecular complexity index is 1070. The first-order valence-corrected chi connectivity index (χ1v) is 10.5. The average molecular weight is 443 g/mol. The summed E-state index contributed by atoms with van der Waals surface area (Å²) in [5.41, 5.74) is 6.63. The molecule has 32 heavy (non-hydrogen) atoms. The molecule has 1 aliphatic rings. The van der Waals surface area contributed by atoms with Crippen LogP contribution in [-0.2, 0) is 11.3 Å². The third-order valence-electron chi connectivity index (χ3n) is 6.03. The number of nitrogens with one attached hydrogen (secondary N) is 1. The lowest BCUT2D eigenvalue weighted by Gasteiger charge is -2.40. The molecule has 1 heterocycles. The number of nitrogens with two attached hydrogens (primary N) is 1. The van der Waals surface area contributed by atoms with Crippen LogP contribution in [0.4, 0.5) is 8.78 Å². The lowest BCUT2D eigenvalue weighted by molar-refractivity contribution is -0.131. The molecular weight excluding hydrogens is 414 g/mol. The topological polar surface area (TPSA) is 87.8 Å². The van der Waals surface area contributed by atoms with Crippen molar-refractivity contribution in [2.75, 3.05) is 0 Å². The van der Waals surface area contributed by atoms with Crippen molar-refractivity contribution in [3.63, 3.8) is 0 Å². The Morgan fingerprint density at radius 1 is 1.19 bits per heavy atom. The molecule has 1 aliphatic heterocycles. The summed E-state index contributed by atoms with van der Waals surface area (Å²) in [6.07, 6.45) is 0.187. The number of amides is 2. The third kappa shape index (κ3) is 4.95. The van der Waals surface area contributed by atoms with Gasteiger partial charge in [0.1, 0.15) is 11.6 Å². The molecule has 8 heteroatoms. The first-order chi connectivity index (χ1) is 15.0. The van der Waals surface area contributed by atoms with Crippen LogP contribution in [0.15, 0.2) is 47.5 Å². The van der Waals surface area contributed by atoms with E-state index in [2.05, 4.69) is 10.3 Å². The van der Waals surface area contributed by atoms with E-state index >= 15 is 0 Å². The van der Waals surface area contributed by atoms with E-state index in [1.54, 1.807) is 19.1 Å². The van der Waals surface area contributed by atoms with Crippen molar-refractivity contribution in [2.45, 2.75) is 52.2 Å². The Balaban J connectivity index is 1.82. The van der Waals surface area contributed by atoms with Gasteiger partial charge in [-0.05, 0) is 61.2 Å². The quantitative estimate of drug-likeness (QED) is 0.711. The number of halogens is 2. The standard InChI is InChI=1S/C24H28F2N4O2/c1-14(2)24(4)12-21(31)30(23(27)29-24)15(3)17-9-18(11-20(26)10-17)22(32)28-13-16-6-5-7-19(25)8-16/h5-11,14-15H,12-13H2,1-4H3,(H2,27,29)(H,28,32). The predicted molar refractivity (Wildman–Crippen MR) is 119 cm³/mol. The molecule has 170 valence electrons. The van der Waals surface area contributed by atoms with Gasteiger partial charge in [-0.25, -0.2) is 13.8 Å². The lowest BCUT2D eigenvalue weighted by Crippen LogP contribution is -2.53. The summed E-state index contributed by atoms with van der Waals surface area (Å²) < 4.78 is 27.7. The van der Waals surface area contributed by atoms with Crippen LogP contribution in [0.1, 0.15) is 61.6 Å². The molecule has 0 spiro atoms. The monoisotopic (exact) mass is 442 g/mol. The molecule has 0 saturated carbocycles. The summed E-state index contributed by atoms with van der Waals surface area (Å²) in [4.78, 5) is 31.4. The molecule has 0 fully saturated rings. The lowest BCUT2D eigenvalue weighted by atomic mass is 9.84. The number of carbonyl (C=O) groups is 2. The van der Waals surface area contributed by atoms with Crippen LogP contribution in [-0.4, -0.2) is 28.2 Å². The molecule has 0 aromatic heterocycles. The van der Waals surface area contributed by atoms with E-state index in [9.17, 15) is 18.4 Å². The highest BCUT2D eigenvalue weighted by Crippen LogP contribution is 2.33. The maximum absolute atomic E-state index is 14.4. The van der Waals surface area contributed by atoms with E-state index in [-0.39, 0.29) is 36.3 Å². The molecule has 2 amide bonds. The highest BCUT2D eigenvalue weighted by atomic mass is 19.1.